The molecule has 0 amide bonds. The van der Waals surface area contributed by atoms with Gasteiger partial charge < -0.3 is 10.1 Å². The van der Waals surface area contributed by atoms with Crippen molar-refractivity contribution >= 4 is 0 Å². The lowest BCUT2D eigenvalue weighted by Crippen LogP contribution is -2.34. The average Bonchev–Trinajstić information content (AvgIpc) is 2.32. The van der Waals surface area contributed by atoms with Crippen molar-refractivity contribution in [2.45, 2.75) is 53.2 Å². The summed E-state index contributed by atoms with van der Waals surface area (Å²) >= 11 is 0. The van der Waals surface area contributed by atoms with Gasteiger partial charge in [0.1, 0.15) is 11.9 Å². The highest BCUT2D eigenvalue weighted by Gasteiger charge is 2.08. The van der Waals surface area contributed by atoms with E-state index in [1.54, 1.807) is 0 Å². The first-order valence-corrected chi connectivity index (χ1v) is 6.50. The molecular weight excluding hydrogens is 210 g/mol. The number of benzene rings is 1. The van der Waals surface area contributed by atoms with Gasteiger partial charge in [0.25, 0.3) is 0 Å². The number of ether oxygens (including phenoxy) is 1. The Bertz CT molecular complexity index is 349. The fourth-order valence-corrected chi connectivity index (χ4v) is 1.62. The zero-order valence-electron chi connectivity index (χ0n) is 11.7. The quantitative estimate of drug-likeness (QED) is 0.815. The number of nitrogens with one attached hydrogen (secondary N) is 1. The van der Waals surface area contributed by atoms with Gasteiger partial charge in [-0.3, -0.25) is 0 Å². The third-order valence-electron chi connectivity index (χ3n) is 3.25. The Balaban J connectivity index is 2.50. The zero-order valence-corrected chi connectivity index (χ0v) is 11.7. The van der Waals surface area contributed by atoms with Crippen molar-refractivity contribution in [2.75, 3.05) is 6.54 Å². The van der Waals surface area contributed by atoms with Crippen molar-refractivity contribution in [1.82, 2.24) is 5.32 Å². The largest absolute Gasteiger partial charge is 0.489 e. The van der Waals surface area contributed by atoms with Crippen LogP contribution >= 0.6 is 0 Å². The van der Waals surface area contributed by atoms with E-state index in [9.17, 15) is 0 Å². The van der Waals surface area contributed by atoms with Crippen LogP contribution in [-0.2, 0) is 0 Å². The maximum atomic E-state index is 5.96. The molecule has 0 saturated carbocycles. The summed E-state index contributed by atoms with van der Waals surface area (Å²) < 4.78 is 5.96. The number of rotatable bonds is 6. The molecular formula is C15H25NO. The summed E-state index contributed by atoms with van der Waals surface area (Å²) in [6.45, 7) is 11.6. The predicted molar refractivity (Wildman–Crippen MR) is 73.8 cm³/mol. The molecule has 2 heteroatoms. The molecule has 0 aromatic heterocycles. The van der Waals surface area contributed by atoms with E-state index in [1.807, 2.05) is 12.1 Å². The number of hydrogen-bond acceptors (Lipinski definition) is 2. The van der Waals surface area contributed by atoms with Gasteiger partial charge in [-0.15, -0.1) is 0 Å². The standard InChI is InChI=1S/C15H25NO/c1-6-12(3)16-10-13(4)17-15-9-7-8-11(2)14(15)5/h7-9,12-13,16H,6,10H2,1-5H3. The van der Waals surface area contributed by atoms with Crippen molar-refractivity contribution in [2.24, 2.45) is 0 Å². The van der Waals surface area contributed by atoms with Gasteiger partial charge in [0.05, 0.1) is 0 Å². The normalized spacial score (nSPS) is 14.4. The van der Waals surface area contributed by atoms with Gasteiger partial charge in [-0.05, 0) is 51.3 Å². The third kappa shape index (κ3) is 4.39. The molecule has 1 aromatic carbocycles. The lowest BCUT2D eigenvalue weighted by atomic mass is 10.1. The van der Waals surface area contributed by atoms with Gasteiger partial charge in [0.15, 0.2) is 0 Å². The number of hydrogen-bond donors (Lipinski definition) is 1. The van der Waals surface area contributed by atoms with Crippen LogP contribution in [0, 0.1) is 13.8 Å². The Labute approximate surface area is 105 Å². The molecule has 0 heterocycles. The Morgan fingerprint density at radius 2 is 1.94 bits per heavy atom. The Morgan fingerprint density at radius 3 is 2.59 bits per heavy atom. The second-order valence-electron chi connectivity index (χ2n) is 4.84. The van der Waals surface area contributed by atoms with Crippen molar-refractivity contribution < 1.29 is 4.74 Å². The second-order valence-corrected chi connectivity index (χ2v) is 4.84. The van der Waals surface area contributed by atoms with Crippen LogP contribution in [0.2, 0.25) is 0 Å². The van der Waals surface area contributed by atoms with Crippen LogP contribution in [0.4, 0.5) is 0 Å². The highest BCUT2D eigenvalue weighted by Crippen LogP contribution is 2.21. The first-order chi connectivity index (χ1) is 8.04. The molecule has 1 N–H and O–H groups in total. The van der Waals surface area contributed by atoms with E-state index in [0.717, 1.165) is 18.7 Å². The first-order valence-electron chi connectivity index (χ1n) is 6.50. The lowest BCUT2D eigenvalue weighted by molar-refractivity contribution is 0.210. The van der Waals surface area contributed by atoms with Crippen LogP contribution in [0.1, 0.15) is 38.3 Å². The molecule has 1 rings (SSSR count). The summed E-state index contributed by atoms with van der Waals surface area (Å²) in [7, 11) is 0. The van der Waals surface area contributed by atoms with E-state index in [2.05, 4.69) is 46.0 Å². The fraction of sp³-hybridized carbons (Fsp3) is 0.600. The molecule has 0 bridgehead atoms. The molecule has 0 saturated heterocycles. The van der Waals surface area contributed by atoms with E-state index in [4.69, 9.17) is 4.74 Å². The highest BCUT2D eigenvalue weighted by atomic mass is 16.5. The lowest BCUT2D eigenvalue weighted by Gasteiger charge is -2.20. The van der Waals surface area contributed by atoms with Crippen LogP contribution in [0.15, 0.2) is 18.2 Å². The summed E-state index contributed by atoms with van der Waals surface area (Å²) in [5, 5.41) is 3.46. The van der Waals surface area contributed by atoms with Crippen LogP contribution in [0.3, 0.4) is 0 Å². The van der Waals surface area contributed by atoms with Crippen LogP contribution in [0.5, 0.6) is 5.75 Å². The summed E-state index contributed by atoms with van der Waals surface area (Å²) in [5.74, 6) is 1.00. The molecule has 0 fully saturated rings. The van der Waals surface area contributed by atoms with E-state index in [1.165, 1.54) is 11.1 Å². The van der Waals surface area contributed by atoms with Crippen LogP contribution < -0.4 is 10.1 Å². The average molecular weight is 235 g/mol. The Kier molecular flexibility index (Phi) is 5.49. The summed E-state index contributed by atoms with van der Waals surface area (Å²) in [4.78, 5) is 0. The molecule has 2 nitrogen and oxygen atoms in total. The minimum absolute atomic E-state index is 0.199. The molecule has 0 aliphatic heterocycles. The summed E-state index contributed by atoms with van der Waals surface area (Å²) in [6, 6.07) is 6.76. The minimum Gasteiger partial charge on any atom is -0.489 e. The summed E-state index contributed by atoms with van der Waals surface area (Å²) in [5.41, 5.74) is 2.52. The fourth-order valence-electron chi connectivity index (χ4n) is 1.62. The van der Waals surface area contributed by atoms with Crippen LogP contribution in [0.25, 0.3) is 0 Å². The molecule has 0 radical (unpaired) electrons. The van der Waals surface area contributed by atoms with Crippen molar-refractivity contribution in [3.8, 4) is 5.75 Å². The third-order valence-corrected chi connectivity index (χ3v) is 3.25. The van der Waals surface area contributed by atoms with Gasteiger partial charge >= 0.3 is 0 Å². The molecule has 17 heavy (non-hydrogen) atoms. The van der Waals surface area contributed by atoms with E-state index >= 15 is 0 Å². The van der Waals surface area contributed by atoms with Crippen molar-refractivity contribution in [3.05, 3.63) is 29.3 Å². The van der Waals surface area contributed by atoms with Gasteiger partial charge in [0.2, 0.25) is 0 Å². The molecule has 96 valence electrons. The van der Waals surface area contributed by atoms with Crippen LogP contribution in [-0.4, -0.2) is 18.7 Å². The molecule has 1 aromatic rings. The van der Waals surface area contributed by atoms with Gasteiger partial charge in [-0.1, -0.05) is 19.1 Å². The molecule has 0 aliphatic rings. The Hall–Kier alpha value is -1.02. The predicted octanol–water partition coefficient (Wildman–Crippen LogP) is 3.46. The molecule has 2 unspecified atom stereocenters. The monoisotopic (exact) mass is 235 g/mol. The summed E-state index contributed by atoms with van der Waals surface area (Å²) in [6.07, 6.45) is 1.35. The van der Waals surface area contributed by atoms with Crippen molar-refractivity contribution in [1.29, 1.82) is 0 Å². The van der Waals surface area contributed by atoms with E-state index in [-0.39, 0.29) is 6.10 Å². The molecule has 0 aliphatic carbocycles. The maximum absolute atomic E-state index is 5.96. The second kappa shape index (κ2) is 6.65. The van der Waals surface area contributed by atoms with E-state index < -0.39 is 0 Å². The van der Waals surface area contributed by atoms with Crippen molar-refractivity contribution in [3.63, 3.8) is 0 Å². The minimum atomic E-state index is 0.199. The Morgan fingerprint density at radius 1 is 1.24 bits per heavy atom. The zero-order chi connectivity index (χ0) is 12.8. The smallest absolute Gasteiger partial charge is 0.122 e. The number of aryl methyl sites for hydroxylation is 1. The van der Waals surface area contributed by atoms with Gasteiger partial charge in [-0.2, -0.15) is 0 Å². The topological polar surface area (TPSA) is 21.3 Å². The van der Waals surface area contributed by atoms with E-state index in [0.29, 0.717) is 6.04 Å². The molecule has 0 spiro atoms. The molecule has 2 atom stereocenters. The van der Waals surface area contributed by atoms with Gasteiger partial charge in [0, 0.05) is 12.6 Å². The first kappa shape index (κ1) is 14.0. The maximum Gasteiger partial charge on any atom is 0.122 e. The highest BCUT2D eigenvalue weighted by molar-refractivity contribution is 5.38. The van der Waals surface area contributed by atoms with Gasteiger partial charge in [-0.25, -0.2) is 0 Å². The SMILES string of the molecule is CCC(C)NCC(C)Oc1cccc(C)c1C.